The Bertz CT molecular complexity index is 756. The van der Waals surface area contributed by atoms with Crippen LogP contribution in [0, 0.1) is 5.41 Å². The highest BCUT2D eigenvalue weighted by Gasteiger charge is 2.10. The van der Waals surface area contributed by atoms with E-state index in [1.54, 1.807) is 4.90 Å². The van der Waals surface area contributed by atoms with Crippen molar-refractivity contribution in [1.29, 1.82) is 5.41 Å². The van der Waals surface area contributed by atoms with Gasteiger partial charge in [-0.15, -0.1) is 0 Å². The number of aliphatic carboxylic acids is 1. The lowest BCUT2D eigenvalue weighted by molar-refractivity contribution is -0.137. The van der Waals surface area contributed by atoms with E-state index in [2.05, 4.69) is 6.92 Å². The Labute approximate surface area is 219 Å². The summed E-state index contributed by atoms with van der Waals surface area (Å²) in [6.07, 6.45) is 20.2. The second-order valence-electron chi connectivity index (χ2n) is 9.49. The molecule has 0 unspecified atom stereocenters. The maximum atomic E-state index is 10.3. The Balaban J connectivity index is 0.000000367. The molecule has 2 aromatic rings. The molecule has 0 aliphatic rings. The Morgan fingerprint density at radius 2 is 1.00 bits per heavy atom. The van der Waals surface area contributed by atoms with Crippen molar-refractivity contribution < 1.29 is 9.90 Å². The number of nitrogens with two attached hydrogens (primary N) is 1. The first-order chi connectivity index (χ1) is 17.6. The average Bonchev–Trinajstić information content (AvgIpc) is 2.88. The summed E-state index contributed by atoms with van der Waals surface area (Å²) in [7, 11) is 0. The molecule has 0 saturated heterocycles. The van der Waals surface area contributed by atoms with Gasteiger partial charge in [-0.3, -0.25) is 15.1 Å². The second kappa shape index (κ2) is 21.5. The van der Waals surface area contributed by atoms with Crippen LogP contribution in [0.15, 0.2) is 60.7 Å². The number of carbonyl (C=O) groups is 1. The number of carboxylic acids is 1. The summed E-state index contributed by atoms with van der Waals surface area (Å²) in [6, 6.07) is 19.3. The molecule has 0 bridgehead atoms. The lowest BCUT2D eigenvalue weighted by Gasteiger charge is -2.22. The number of hydrogen-bond acceptors (Lipinski definition) is 2. The van der Waals surface area contributed by atoms with Crippen molar-refractivity contribution in [1.82, 2.24) is 0 Å². The summed E-state index contributed by atoms with van der Waals surface area (Å²) >= 11 is 0. The monoisotopic (exact) mass is 495 g/mol. The number of benzene rings is 2. The molecule has 2 rings (SSSR count). The highest BCUT2D eigenvalue weighted by molar-refractivity contribution is 5.99. The molecule has 0 aliphatic heterocycles. The van der Waals surface area contributed by atoms with Crippen LogP contribution in [0.3, 0.4) is 0 Å². The van der Waals surface area contributed by atoms with E-state index in [4.69, 9.17) is 16.2 Å². The minimum Gasteiger partial charge on any atom is -0.481 e. The van der Waals surface area contributed by atoms with Crippen molar-refractivity contribution in [2.75, 3.05) is 4.90 Å². The Hall–Kier alpha value is -2.82. The van der Waals surface area contributed by atoms with E-state index in [1.807, 2.05) is 60.7 Å². The molecule has 0 amide bonds. The molecule has 5 heteroatoms. The van der Waals surface area contributed by atoms with Crippen molar-refractivity contribution in [3.05, 3.63) is 60.7 Å². The predicted octanol–water partition coefficient (Wildman–Crippen LogP) is 9.05. The van der Waals surface area contributed by atoms with Gasteiger partial charge in [-0.2, -0.15) is 0 Å². The molecule has 0 fully saturated rings. The molecule has 2 aromatic carbocycles. The molecule has 0 saturated carbocycles. The van der Waals surface area contributed by atoms with Gasteiger partial charge in [0, 0.05) is 17.8 Å². The summed E-state index contributed by atoms with van der Waals surface area (Å²) in [5.74, 6) is -0.642. The van der Waals surface area contributed by atoms with Gasteiger partial charge in [0.1, 0.15) is 0 Å². The third kappa shape index (κ3) is 16.0. The molecule has 36 heavy (non-hydrogen) atoms. The Morgan fingerprint density at radius 1 is 0.667 bits per heavy atom. The fraction of sp³-hybridized carbons (Fsp3) is 0.548. The SMILES string of the molecule is CCCCCCCCCCCCCCCCCC(=O)O.N=C(N)N(c1ccccc1)c1ccccc1. The summed E-state index contributed by atoms with van der Waals surface area (Å²) in [5, 5.41) is 16.1. The number of guanidine groups is 1. The molecule has 5 nitrogen and oxygen atoms in total. The smallest absolute Gasteiger partial charge is 0.303 e. The molecular weight excluding hydrogens is 446 g/mol. The average molecular weight is 496 g/mol. The lowest BCUT2D eigenvalue weighted by Crippen LogP contribution is -2.32. The topological polar surface area (TPSA) is 90.4 Å². The predicted molar refractivity (Wildman–Crippen MR) is 154 cm³/mol. The zero-order valence-electron chi connectivity index (χ0n) is 22.5. The molecule has 0 spiro atoms. The van der Waals surface area contributed by atoms with Crippen LogP contribution in [0.2, 0.25) is 0 Å². The van der Waals surface area contributed by atoms with Crippen LogP contribution in [-0.4, -0.2) is 17.0 Å². The maximum Gasteiger partial charge on any atom is 0.303 e. The number of nitrogens with zero attached hydrogens (tertiary/aromatic N) is 1. The summed E-state index contributed by atoms with van der Waals surface area (Å²) in [5.41, 5.74) is 7.39. The van der Waals surface area contributed by atoms with E-state index < -0.39 is 5.97 Å². The number of carboxylic acid groups (broad SMARTS) is 1. The number of anilines is 2. The molecule has 200 valence electrons. The first-order valence-electron chi connectivity index (χ1n) is 14.0. The minimum absolute atomic E-state index is 0.0115. The number of para-hydroxylation sites is 2. The third-order valence-electron chi connectivity index (χ3n) is 6.26. The van der Waals surface area contributed by atoms with E-state index in [0.717, 1.165) is 24.2 Å². The first-order valence-corrected chi connectivity index (χ1v) is 14.0. The van der Waals surface area contributed by atoms with Gasteiger partial charge >= 0.3 is 5.97 Å². The highest BCUT2D eigenvalue weighted by Crippen LogP contribution is 2.23. The van der Waals surface area contributed by atoms with Crippen LogP contribution < -0.4 is 10.6 Å². The van der Waals surface area contributed by atoms with Gasteiger partial charge < -0.3 is 10.8 Å². The van der Waals surface area contributed by atoms with E-state index >= 15 is 0 Å². The van der Waals surface area contributed by atoms with Crippen LogP contribution in [-0.2, 0) is 4.79 Å². The first kappa shape index (κ1) is 31.2. The van der Waals surface area contributed by atoms with Crippen molar-refractivity contribution in [3.63, 3.8) is 0 Å². The number of hydrogen-bond donors (Lipinski definition) is 3. The maximum absolute atomic E-state index is 10.3. The lowest BCUT2D eigenvalue weighted by atomic mass is 10.0. The molecule has 0 radical (unpaired) electrons. The minimum atomic E-state index is -0.653. The van der Waals surface area contributed by atoms with Crippen molar-refractivity contribution in [3.8, 4) is 0 Å². The number of unbranched alkanes of at least 4 members (excludes halogenated alkanes) is 14. The molecule has 0 aromatic heterocycles. The summed E-state index contributed by atoms with van der Waals surface area (Å²) < 4.78 is 0. The van der Waals surface area contributed by atoms with Gasteiger partial charge in [0.2, 0.25) is 0 Å². The van der Waals surface area contributed by atoms with Crippen LogP contribution in [0.5, 0.6) is 0 Å². The molecular formula is C31H49N3O2. The molecule has 0 heterocycles. The zero-order valence-corrected chi connectivity index (χ0v) is 22.5. The van der Waals surface area contributed by atoms with E-state index in [0.29, 0.717) is 6.42 Å². The van der Waals surface area contributed by atoms with Gasteiger partial charge in [0.05, 0.1) is 0 Å². The highest BCUT2D eigenvalue weighted by atomic mass is 16.4. The molecule has 0 atom stereocenters. The van der Waals surface area contributed by atoms with Gasteiger partial charge in [-0.1, -0.05) is 133 Å². The largest absolute Gasteiger partial charge is 0.481 e. The van der Waals surface area contributed by atoms with Gasteiger partial charge in [-0.05, 0) is 30.7 Å². The van der Waals surface area contributed by atoms with Gasteiger partial charge in [0.25, 0.3) is 0 Å². The van der Waals surface area contributed by atoms with Crippen LogP contribution in [0.25, 0.3) is 0 Å². The fourth-order valence-electron chi connectivity index (χ4n) is 4.23. The Morgan fingerprint density at radius 3 is 1.31 bits per heavy atom. The van der Waals surface area contributed by atoms with E-state index in [9.17, 15) is 4.79 Å². The van der Waals surface area contributed by atoms with E-state index in [-0.39, 0.29) is 5.96 Å². The summed E-state index contributed by atoms with van der Waals surface area (Å²) in [6.45, 7) is 2.27. The van der Waals surface area contributed by atoms with E-state index in [1.165, 1.54) is 83.5 Å². The standard InChI is InChI=1S/C18H36O2.C13H13N3/c1-2-3-4-5-6-7-8-9-10-11-12-13-14-15-16-17-18(19)20;14-13(15)16(11-7-3-1-4-8-11)12-9-5-2-6-10-12/h2-17H2,1H3,(H,19,20);1-10H,(H3,14,15). The van der Waals surface area contributed by atoms with Crippen molar-refractivity contribution in [2.24, 2.45) is 5.73 Å². The quantitative estimate of drug-likeness (QED) is 0.109. The van der Waals surface area contributed by atoms with Gasteiger partial charge in [0.15, 0.2) is 5.96 Å². The zero-order chi connectivity index (χ0) is 26.3. The van der Waals surface area contributed by atoms with Crippen molar-refractivity contribution in [2.45, 2.75) is 110 Å². The normalized spacial score (nSPS) is 10.4. The summed E-state index contributed by atoms with van der Waals surface area (Å²) in [4.78, 5) is 12.0. The molecule has 4 N–H and O–H groups in total. The van der Waals surface area contributed by atoms with Gasteiger partial charge in [-0.25, -0.2) is 0 Å². The Kier molecular flexibility index (Phi) is 18.6. The number of rotatable bonds is 18. The fourth-order valence-corrected chi connectivity index (χ4v) is 4.23. The van der Waals surface area contributed by atoms with Crippen LogP contribution in [0.4, 0.5) is 11.4 Å². The number of nitrogens with one attached hydrogen (secondary N) is 1. The van der Waals surface area contributed by atoms with Crippen LogP contribution >= 0.6 is 0 Å². The second-order valence-corrected chi connectivity index (χ2v) is 9.49. The van der Waals surface area contributed by atoms with Crippen LogP contribution in [0.1, 0.15) is 110 Å². The van der Waals surface area contributed by atoms with Crippen molar-refractivity contribution >= 4 is 23.3 Å². The third-order valence-corrected chi connectivity index (χ3v) is 6.26. The molecule has 0 aliphatic carbocycles.